The molecule has 106 valence electrons. The van der Waals surface area contributed by atoms with Gasteiger partial charge in [0.15, 0.2) is 5.82 Å². The highest BCUT2D eigenvalue weighted by Gasteiger charge is 2.06. The summed E-state index contributed by atoms with van der Waals surface area (Å²) in [4.78, 5) is 14.1. The minimum Gasteiger partial charge on any atom is -0.489 e. The third-order valence-corrected chi connectivity index (χ3v) is 3.13. The average molecular weight is 281 g/mol. The number of nitrogens with one attached hydrogen (secondary N) is 1. The van der Waals surface area contributed by atoms with Gasteiger partial charge in [0.2, 0.25) is 0 Å². The molecule has 0 amide bonds. The molecule has 21 heavy (non-hydrogen) atoms. The predicted octanol–water partition coefficient (Wildman–Crippen LogP) is 2.35. The van der Waals surface area contributed by atoms with Crippen LogP contribution in [0.25, 0.3) is 11.4 Å². The van der Waals surface area contributed by atoms with Crippen molar-refractivity contribution in [3.05, 3.63) is 70.6 Å². The van der Waals surface area contributed by atoms with Crippen molar-refractivity contribution in [3.63, 3.8) is 0 Å². The van der Waals surface area contributed by atoms with E-state index in [1.54, 1.807) is 7.05 Å². The number of H-pyrrole nitrogens is 1. The fraction of sp³-hybridized carbons (Fsp3) is 0.125. The van der Waals surface area contributed by atoms with E-state index in [1.165, 1.54) is 4.68 Å². The van der Waals surface area contributed by atoms with Crippen LogP contribution in [0.2, 0.25) is 0 Å². The van der Waals surface area contributed by atoms with E-state index in [0.717, 1.165) is 16.9 Å². The molecule has 0 saturated carbocycles. The third kappa shape index (κ3) is 3.02. The van der Waals surface area contributed by atoms with Gasteiger partial charge in [-0.1, -0.05) is 42.5 Å². The molecule has 0 saturated heterocycles. The number of rotatable bonds is 4. The van der Waals surface area contributed by atoms with Crippen LogP contribution in [-0.4, -0.2) is 14.8 Å². The molecule has 0 aliphatic heterocycles. The molecule has 3 rings (SSSR count). The molecule has 1 heterocycles. The van der Waals surface area contributed by atoms with E-state index in [4.69, 9.17) is 4.74 Å². The SMILES string of the molecule is Cn1nc(-c2cccc(OCc3ccccc3)c2)[nH]c1=O. The summed E-state index contributed by atoms with van der Waals surface area (Å²) < 4.78 is 7.04. The lowest BCUT2D eigenvalue weighted by atomic mass is 10.2. The molecule has 0 spiro atoms. The lowest BCUT2D eigenvalue weighted by Crippen LogP contribution is -2.13. The van der Waals surface area contributed by atoms with E-state index in [9.17, 15) is 4.79 Å². The van der Waals surface area contributed by atoms with Crippen LogP contribution in [0.5, 0.6) is 5.75 Å². The molecule has 0 fully saturated rings. The van der Waals surface area contributed by atoms with E-state index in [-0.39, 0.29) is 5.69 Å². The Balaban J connectivity index is 1.78. The van der Waals surface area contributed by atoms with Gasteiger partial charge in [-0.2, -0.15) is 5.10 Å². The molecule has 2 aromatic carbocycles. The molecule has 1 N–H and O–H groups in total. The largest absolute Gasteiger partial charge is 0.489 e. The van der Waals surface area contributed by atoms with Crippen LogP contribution in [0.15, 0.2) is 59.4 Å². The van der Waals surface area contributed by atoms with Crippen molar-refractivity contribution in [2.24, 2.45) is 7.05 Å². The molecule has 0 radical (unpaired) electrons. The zero-order valence-corrected chi connectivity index (χ0v) is 11.6. The third-order valence-electron chi connectivity index (χ3n) is 3.13. The smallest absolute Gasteiger partial charge is 0.343 e. The summed E-state index contributed by atoms with van der Waals surface area (Å²) in [6.07, 6.45) is 0. The number of ether oxygens (including phenoxy) is 1. The fourth-order valence-electron chi connectivity index (χ4n) is 2.01. The number of aromatic amines is 1. The predicted molar refractivity (Wildman–Crippen MR) is 80.0 cm³/mol. The highest BCUT2D eigenvalue weighted by molar-refractivity contribution is 5.56. The molecule has 5 nitrogen and oxygen atoms in total. The van der Waals surface area contributed by atoms with Gasteiger partial charge in [0.1, 0.15) is 12.4 Å². The van der Waals surface area contributed by atoms with Crippen LogP contribution in [-0.2, 0) is 13.7 Å². The summed E-state index contributed by atoms with van der Waals surface area (Å²) >= 11 is 0. The maximum atomic E-state index is 11.4. The van der Waals surface area contributed by atoms with Crippen LogP contribution in [0, 0.1) is 0 Å². The molecule has 0 bridgehead atoms. The van der Waals surface area contributed by atoms with Gasteiger partial charge in [0, 0.05) is 12.6 Å². The van der Waals surface area contributed by atoms with Gasteiger partial charge in [0.25, 0.3) is 0 Å². The number of benzene rings is 2. The van der Waals surface area contributed by atoms with Gasteiger partial charge >= 0.3 is 5.69 Å². The normalized spacial score (nSPS) is 10.5. The Kier molecular flexibility index (Phi) is 3.55. The first-order chi connectivity index (χ1) is 10.2. The number of aromatic nitrogens is 3. The molecular weight excluding hydrogens is 266 g/mol. The first-order valence-corrected chi connectivity index (χ1v) is 6.63. The second-order valence-corrected chi connectivity index (χ2v) is 4.70. The highest BCUT2D eigenvalue weighted by Crippen LogP contribution is 2.20. The first-order valence-electron chi connectivity index (χ1n) is 6.63. The molecule has 1 aromatic heterocycles. The summed E-state index contributed by atoms with van der Waals surface area (Å²) in [6.45, 7) is 0.503. The summed E-state index contributed by atoms with van der Waals surface area (Å²) in [7, 11) is 1.61. The van der Waals surface area contributed by atoms with Crippen molar-refractivity contribution >= 4 is 0 Å². The van der Waals surface area contributed by atoms with E-state index in [1.807, 2.05) is 54.6 Å². The number of hydrogen-bond donors (Lipinski definition) is 1. The minimum absolute atomic E-state index is 0.236. The maximum absolute atomic E-state index is 11.4. The van der Waals surface area contributed by atoms with Gasteiger partial charge < -0.3 is 4.74 Å². The Morgan fingerprint density at radius 1 is 1.14 bits per heavy atom. The lowest BCUT2D eigenvalue weighted by molar-refractivity contribution is 0.306. The molecule has 0 aliphatic carbocycles. The zero-order chi connectivity index (χ0) is 14.7. The van der Waals surface area contributed by atoms with Gasteiger partial charge in [0.05, 0.1) is 0 Å². The molecule has 0 atom stereocenters. The highest BCUT2D eigenvalue weighted by atomic mass is 16.5. The zero-order valence-electron chi connectivity index (χ0n) is 11.6. The Hall–Kier alpha value is -2.82. The Morgan fingerprint density at radius 3 is 2.67 bits per heavy atom. The Bertz CT molecular complexity index is 791. The van der Waals surface area contributed by atoms with Crippen molar-refractivity contribution in [3.8, 4) is 17.1 Å². The van der Waals surface area contributed by atoms with E-state index in [2.05, 4.69) is 10.1 Å². The monoisotopic (exact) mass is 281 g/mol. The van der Waals surface area contributed by atoms with Crippen LogP contribution in [0.1, 0.15) is 5.56 Å². The van der Waals surface area contributed by atoms with Crippen molar-refractivity contribution in [2.75, 3.05) is 0 Å². The summed E-state index contributed by atoms with van der Waals surface area (Å²) in [5.74, 6) is 1.27. The molecular formula is C16H15N3O2. The summed E-state index contributed by atoms with van der Waals surface area (Å²) in [6, 6.07) is 17.5. The Labute approximate surface area is 121 Å². The van der Waals surface area contributed by atoms with Crippen molar-refractivity contribution in [2.45, 2.75) is 6.61 Å². The second-order valence-electron chi connectivity index (χ2n) is 4.70. The second kappa shape index (κ2) is 5.66. The topological polar surface area (TPSA) is 59.9 Å². The average Bonchev–Trinajstić information content (AvgIpc) is 2.86. The van der Waals surface area contributed by atoms with E-state index >= 15 is 0 Å². The molecule has 0 aliphatic rings. The number of aryl methyl sites for hydroxylation is 1. The fourth-order valence-corrected chi connectivity index (χ4v) is 2.01. The van der Waals surface area contributed by atoms with Gasteiger partial charge in [-0.25, -0.2) is 9.48 Å². The van der Waals surface area contributed by atoms with E-state index < -0.39 is 0 Å². The molecule has 5 heteroatoms. The number of hydrogen-bond acceptors (Lipinski definition) is 3. The lowest BCUT2D eigenvalue weighted by Gasteiger charge is -2.07. The molecule has 0 unspecified atom stereocenters. The maximum Gasteiger partial charge on any atom is 0.343 e. The molecule has 3 aromatic rings. The van der Waals surface area contributed by atoms with Crippen molar-refractivity contribution in [1.82, 2.24) is 14.8 Å². The van der Waals surface area contributed by atoms with Crippen LogP contribution in [0.3, 0.4) is 0 Å². The first kappa shape index (κ1) is 13.2. The Morgan fingerprint density at radius 2 is 1.95 bits per heavy atom. The van der Waals surface area contributed by atoms with Crippen molar-refractivity contribution in [1.29, 1.82) is 0 Å². The van der Waals surface area contributed by atoms with Gasteiger partial charge in [-0.05, 0) is 17.7 Å². The quantitative estimate of drug-likeness (QED) is 0.798. The number of nitrogens with zero attached hydrogens (tertiary/aromatic N) is 2. The minimum atomic E-state index is -0.236. The van der Waals surface area contributed by atoms with Gasteiger partial charge in [-0.15, -0.1) is 0 Å². The summed E-state index contributed by atoms with van der Waals surface area (Å²) in [5, 5.41) is 4.13. The van der Waals surface area contributed by atoms with E-state index in [0.29, 0.717) is 12.4 Å². The van der Waals surface area contributed by atoms with Crippen molar-refractivity contribution < 1.29 is 4.74 Å². The van der Waals surface area contributed by atoms with Crippen LogP contribution >= 0.6 is 0 Å². The standard InChI is InChI=1S/C16H15N3O2/c1-19-16(20)17-15(18-19)13-8-5-9-14(10-13)21-11-12-6-3-2-4-7-12/h2-10H,11H2,1H3,(H,17,18,20). The van der Waals surface area contributed by atoms with Gasteiger partial charge in [-0.3, -0.25) is 4.98 Å². The van der Waals surface area contributed by atoms with Crippen LogP contribution < -0.4 is 10.4 Å². The summed E-state index contributed by atoms with van der Waals surface area (Å²) in [5.41, 5.74) is 1.69. The van der Waals surface area contributed by atoms with Crippen LogP contribution in [0.4, 0.5) is 0 Å².